The monoisotopic (exact) mass is 1150 g/mol. The Kier molecular flexibility index (Phi) is 13.4. The van der Waals surface area contributed by atoms with Crippen LogP contribution in [0.1, 0.15) is 0 Å². The van der Waals surface area contributed by atoms with Gasteiger partial charge in [-0.2, -0.15) is 0 Å². The van der Waals surface area contributed by atoms with E-state index in [1.165, 1.54) is 20.7 Å². The number of hydrogen-bond acceptors (Lipinski definition) is 8. The fraction of sp³-hybridized carbons (Fsp3) is 0. The molecule has 0 amide bonds. The van der Waals surface area contributed by atoms with Crippen LogP contribution < -0.4 is 20.7 Å². The van der Waals surface area contributed by atoms with Gasteiger partial charge in [-0.1, -0.05) is 218 Å². The van der Waals surface area contributed by atoms with Crippen LogP contribution in [0.5, 0.6) is 0 Å². The summed E-state index contributed by atoms with van der Waals surface area (Å²) in [6.07, 6.45) is 7.30. The number of nitrogens with zero attached hydrogens (tertiary/aromatic N) is 8. The second-order valence-electron chi connectivity index (χ2n) is 22.2. The standard InChI is InChI=1S/C80H52N8Si/c1-5-23-53(24-6-1)65-49-73(69-35-13-17-43-81-69)85-77-61(65)39-41-63-67(51-75(87-79(63)77)71-37-15-19-45-83-71)55-27-21-33-59(47-55)89(57-29-9-3-10-30-57,58-31-11-4-12-32-58)60-34-22-28-56(48-60)68-52-76(72-38-16-20-46-84-72)88-80-64(68)42-40-62-66(54-25-7-2-8-26-54)50-74(86-78(62)80)70-36-14-18-44-82-70/h1-52H. The molecule has 8 heterocycles. The maximum atomic E-state index is 5.53. The molecule has 8 nitrogen and oxygen atoms in total. The van der Waals surface area contributed by atoms with Crippen molar-refractivity contribution in [3.63, 3.8) is 0 Å². The average Bonchev–Trinajstić information content (AvgIpc) is 3.47. The Hall–Kier alpha value is -11.8. The second-order valence-corrected chi connectivity index (χ2v) is 26.0. The number of pyridine rings is 8. The first-order chi connectivity index (χ1) is 44.1. The lowest BCUT2D eigenvalue weighted by atomic mass is 9.94. The quantitative estimate of drug-likeness (QED) is 0.0677. The molecule has 9 heteroatoms. The van der Waals surface area contributed by atoms with Gasteiger partial charge in [-0.25, -0.2) is 19.9 Å². The summed E-state index contributed by atoms with van der Waals surface area (Å²) in [5.41, 5.74) is 17.7. The number of rotatable bonds is 12. The molecule has 0 radical (unpaired) electrons. The van der Waals surface area contributed by atoms with Crippen molar-refractivity contribution in [2.75, 3.05) is 0 Å². The normalized spacial score (nSPS) is 11.6. The average molecular weight is 1150 g/mol. The van der Waals surface area contributed by atoms with Gasteiger partial charge >= 0.3 is 0 Å². The van der Waals surface area contributed by atoms with Crippen molar-refractivity contribution < 1.29 is 0 Å². The lowest BCUT2D eigenvalue weighted by Gasteiger charge is -2.35. The van der Waals surface area contributed by atoms with E-state index in [4.69, 9.17) is 39.9 Å². The van der Waals surface area contributed by atoms with Gasteiger partial charge < -0.3 is 0 Å². The maximum absolute atomic E-state index is 5.53. The summed E-state index contributed by atoms with van der Waals surface area (Å²) in [7, 11) is -3.28. The van der Waals surface area contributed by atoms with Crippen LogP contribution in [0.4, 0.5) is 0 Å². The zero-order chi connectivity index (χ0) is 59.1. The summed E-state index contributed by atoms with van der Waals surface area (Å²) >= 11 is 0. The van der Waals surface area contributed by atoms with E-state index in [9.17, 15) is 0 Å². The van der Waals surface area contributed by atoms with Crippen molar-refractivity contribution in [1.82, 2.24) is 39.9 Å². The predicted molar refractivity (Wildman–Crippen MR) is 366 cm³/mol. The Balaban J connectivity index is 0.943. The molecule has 0 aliphatic heterocycles. The van der Waals surface area contributed by atoms with Gasteiger partial charge in [0.1, 0.15) is 0 Å². The van der Waals surface area contributed by atoms with Gasteiger partial charge in [-0.05, 0) is 138 Å². The van der Waals surface area contributed by atoms with Crippen molar-refractivity contribution in [3.05, 3.63) is 316 Å². The second kappa shape index (κ2) is 22.6. The molecular weight excluding hydrogens is 1100 g/mol. The topological polar surface area (TPSA) is 103 Å². The van der Waals surface area contributed by atoms with Gasteiger partial charge in [-0.3, -0.25) is 19.9 Å². The van der Waals surface area contributed by atoms with E-state index in [-0.39, 0.29) is 0 Å². The molecule has 0 saturated heterocycles. The van der Waals surface area contributed by atoms with Crippen LogP contribution >= 0.6 is 0 Å². The summed E-state index contributed by atoms with van der Waals surface area (Å²) < 4.78 is 0. The minimum absolute atomic E-state index is 0.751. The van der Waals surface area contributed by atoms with Crippen molar-refractivity contribution in [2.45, 2.75) is 0 Å². The molecule has 8 aromatic carbocycles. The molecule has 0 aliphatic rings. The van der Waals surface area contributed by atoms with Crippen molar-refractivity contribution >= 4 is 72.4 Å². The zero-order valence-corrected chi connectivity index (χ0v) is 49.1. The number of benzene rings is 8. The molecule has 0 spiro atoms. The number of aromatic nitrogens is 8. The SMILES string of the molecule is c1ccc(-c2cc(-c3ccccn3)nc3c2ccc2c(-c4cccc([Si](c5ccccc5)(c5ccccc5)c5cccc(-c6cc(-c7ccccn7)nc7c6ccc6c(-c8ccccc8)cc(-c8ccccn8)nc67)c5)c4)cc(-c4ccccn4)nc23)cc1. The smallest absolute Gasteiger partial charge is 0.179 e. The minimum Gasteiger partial charge on any atom is -0.255 e. The number of fused-ring (bicyclic) bond motifs is 6. The van der Waals surface area contributed by atoms with Crippen molar-refractivity contribution in [3.8, 4) is 90.1 Å². The van der Waals surface area contributed by atoms with E-state index in [0.717, 1.165) is 134 Å². The molecule has 16 aromatic rings. The molecule has 0 atom stereocenters. The van der Waals surface area contributed by atoms with Crippen LogP contribution in [0, 0.1) is 0 Å². The summed E-state index contributed by atoms with van der Waals surface area (Å²) in [6, 6.07) is 103. The fourth-order valence-corrected chi connectivity index (χ4v) is 17.8. The van der Waals surface area contributed by atoms with E-state index in [2.05, 4.69) is 218 Å². The molecule has 0 aliphatic carbocycles. The van der Waals surface area contributed by atoms with E-state index in [1.807, 2.05) is 97.6 Å². The van der Waals surface area contributed by atoms with E-state index in [1.54, 1.807) is 0 Å². The maximum Gasteiger partial charge on any atom is 0.179 e. The molecule has 416 valence electrons. The molecular formula is C80H52N8Si. The van der Waals surface area contributed by atoms with Crippen LogP contribution in [-0.4, -0.2) is 47.9 Å². The summed E-state index contributed by atoms with van der Waals surface area (Å²) in [4.78, 5) is 41.4. The van der Waals surface area contributed by atoms with Crippen molar-refractivity contribution in [2.24, 2.45) is 0 Å². The van der Waals surface area contributed by atoms with E-state index >= 15 is 0 Å². The highest BCUT2D eigenvalue weighted by atomic mass is 28.3. The largest absolute Gasteiger partial charge is 0.255 e. The first-order valence-corrected chi connectivity index (χ1v) is 31.8. The van der Waals surface area contributed by atoms with Crippen LogP contribution in [0.25, 0.3) is 134 Å². The third-order valence-electron chi connectivity index (χ3n) is 17.0. The Bertz CT molecular complexity index is 4950. The third-order valence-corrected chi connectivity index (χ3v) is 21.8. The molecule has 0 N–H and O–H groups in total. The van der Waals surface area contributed by atoms with Gasteiger partial charge in [0.25, 0.3) is 0 Å². The lowest BCUT2D eigenvalue weighted by Crippen LogP contribution is -2.74. The highest BCUT2D eigenvalue weighted by molar-refractivity contribution is 7.20. The Labute approximate surface area is 515 Å². The summed E-state index contributed by atoms with van der Waals surface area (Å²) in [6.45, 7) is 0. The number of hydrogen-bond donors (Lipinski definition) is 0. The Morgan fingerprint density at radius 3 is 0.742 bits per heavy atom. The van der Waals surface area contributed by atoms with Crippen LogP contribution in [0.2, 0.25) is 0 Å². The van der Waals surface area contributed by atoms with E-state index in [0.29, 0.717) is 0 Å². The minimum atomic E-state index is -3.28. The molecule has 89 heavy (non-hydrogen) atoms. The molecule has 16 rings (SSSR count). The lowest BCUT2D eigenvalue weighted by molar-refractivity contribution is 1.26. The Morgan fingerprint density at radius 1 is 0.191 bits per heavy atom. The molecule has 0 saturated carbocycles. The van der Waals surface area contributed by atoms with E-state index < -0.39 is 8.07 Å². The zero-order valence-electron chi connectivity index (χ0n) is 48.1. The van der Waals surface area contributed by atoms with Gasteiger partial charge in [0.2, 0.25) is 0 Å². The molecule has 0 fully saturated rings. The summed E-state index contributed by atoms with van der Waals surface area (Å²) in [5, 5.41) is 8.89. The molecule has 0 bridgehead atoms. The highest BCUT2D eigenvalue weighted by Crippen LogP contribution is 2.42. The van der Waals surface area contributed by atoms with Crippen LogP contribution in [0.3, 0.4) is 0 Å². The molecule has 8 aromatic heterocycles. The van der Waals surface area contributed by atoms with Gasteiger partial charge in [0.15, 0.2) is 8.07 Å². The molecule has 0 unspecified atom stereocenters. The highest BCUT2D eigenvalue weighted by Gasteiger charge is 2.42. The summed E-state index contributed by atoms with van der Waals surface area (Å²) in [5.74, 6) is 0. The Morgan fingerprint density at radius 2 is 0.449 bits per heavy atom. The predicted octanol–water partition coefficient (Wildman–Crippen LogP) is 16.2. The first kappa shape index (κ1) is 52.7. The first-order valence-electron chi connectivity index (χ1n) is 29.8. The van der Waals surface area contributed by atoms with Crippen molar-refractivity contribution in [1.29, 1.82) is 0 Å². The van der Waals surface area contributed by atoms with Crippen LogP contribution in [-0.2, 0) is 0 Å². The van der Waals surface area contributed by atoms with Crippen LogP contribution in [0.15, 0.2) is 316 Å². The third kappa shape index (κ3) is 9.50. The fourth-order valence-electron chi connectivity index (χ4n) is 12.9. The van der Waals surface area contributed by atoms with Gasteiger partial charge in [0.05, 0.1) is 67.6 Å². The van der Waals surface area contributed by atoms with Gasteiger partial charge in [-0.15, -0.1) is 0 Å². The van der Waals surface area contributed by atoms with Gasteiger partial charge in [0, 0.05) is 46.3 Å².